The summed E-state index contributed by atoms with van der Waals surface area (Å²) in [5, 5.41) is 1.98. The average Bonchev–Trinajstić information content (AvgIpc) is 3.15. The molecule has 1 aromatic heterocycles. The highest BCUT2D eigenvalue weighted by Gasteiger charge is 2.36. The number of rotatable bonds is 1. The number of nitrogens with zero attached hydrogens (tertiary/aromatic N) is 2. The van der Waals surface area contributed by atoms with E-state index in [0.717, 1.165) is 24.1 Å². The summed E-state index contributed by atoms with van der Waals surface area (Å²) in [4.78, 5) is 17.8. The molecule has 0 saturated carbocycles. The van der Waals surface area contributed by atoms with Crippen molar-refractivity contribution in [2.75, 3.05) is 32.8 Å². The lowest BCUT2D eigenvalue weighted by Crippen LogP contribution is -2.51. The summed E-state index contributed by atoms with van der Waals surface area (Å²) in [6.07, 6.45) is -3.61. The van der Waals surface area contributed by atoms with Gasteiger partial charge in [0.05, 0.1) is 24.8 Å². The van der Waals surface area contributed by atoms with Crippen molar-refractivity contribution in [3.63, 3.8) is 0 Å². The summed E-state index contributed by atoms with van der Waals surface area (Å²) in [6.45, 7) is 2.63. The Morgan fingerprint density at radius 1 is 1.07 bits per heavy atom. The summed E-state index contributed by atoms with van der Waals surface area (Å²) in [7, 11) is 0. The molecule has 3 heterocycles. The number of hydrogen-bond donors (Lipinski definition) is 0. The molecule has 1 aromatic carbocycles. The van der Waals surface area contributed by atoms with E-state index >= 15 is 0 Å². The Hall–Kier alpha value is -2.06. The normalized spacial score (nSPS) is 20.5. The Morgan fingerprint density at radius 3 is 2.44 bits per heavy atom. The fourth-order valence-electron chi connectivity index (χ4n) is 3.67. The highest BCUT2D eigenvalue weighted by atomic mass is 32.1. The summed E-state index contributed by atoms with van der Waals surface area (Å²) < 4.78 is 44.1. The van der Waals surface area contributed by atoms with E-state index in [4.69, 9.17) is 4.74 Å². The van der Waals surface area contributed by atoms with Crippen molar-refractivity contribution in [1.82, 2.24) is 9.80 Å². The van der Waals surface area contributed by atoms with Gasteiger partial charge in [0.1, 0.15) is 0 Å². The first kappa shape index (κ1) is 18.3. The molecule has 1 saturated heterocycles. The van der Waals surface area contributed by atoms with Gasteiger partial charge < -0.3 is 14.5 Å². The van der Waals surface area contributed by atoms with Crippen molar-refractivity contribution >= 4 is 17.4 Å². The van der Waals surface area contributed by atoms with Gasteiger partial charge in [-0.05, 0) is 41.1 Å². The highest BCUT2D eigenvalue weighted by Crippen LogP contribution is 2.39. The van der Waals surface area contributed by atoms with Crippen molar-refractivity contribution < 1.29 is 22.7 Å². The number of morpholine rings is 1. The Labute approximate surface area is 159 Å². The predicted octanol–water partition coefficient (Wildman–Crippen LogP) is 4.17. The van der Waals surface area contributed by atoms with Crippen molar-refractivity contribution in [3.8, 4) is 0 Å². The Kier molecular flexibility index (Phi) is 4.86. The molecule has 2 amide bonds. The van der Waals surface area contributed by atoms with E-state index < -0.39 is 11.7 Å². The van der Waals surface area contributed by atoms with Crippen LogP contribution in [0.5, 0.6) is 0 Å². The van der Waals surface area contributed by atoms with E-state index in [9.17, 15) is 18.0 Å². The molecule has 4 nitrogen and oxygen atoms in total. The number of ether oxygens (including phenoxy) is 1. The standard InChI is InChI=1S/C19H19F3N2O2S/c20-19(21,22)14-3-1-13(2-4-14)17-15-6-12-27-16(15)5-7-24(17)18(25)23-8-10-26-11-9-23/h1-4,6,12,17H,5,7-11H2. The number of hydrogen-bond acceptors (Lipinski definition) is 3. The predicted molar refractivity (Wildman–Crippen MR) is 95.8 cm³/mol. The molecule has 4 rings (SSSR count). The largest absolute Gasteiger partial charge is 0.416 e. The van der Waals surface area contributed by atoms with Gasteiger partial charge in [-0.15, -0.1) is 11.3 Å². The zero-order valence-corrected chi connectivity index (χ0v) is 15.4. The number of thiophene rings is 1. The maximum atomic E-state index is 13.1. The zero-order chi connectivity index (χ0) is 19.0. The minimum atomic E-state index is -4.37. The van der Waals surface area contributed by atoms with Crippen LogP contribution in [0.25, 0.3) is 0 Å². The maximum Gasteiger partial charge on any atom is 0.416 e. The van der Waals surface area contributed by atoms with E-state index in [-0.39, 0.29) is 12.1 Å². The number of fused-ring (bicyclic) bond motifs is 1. The van der Waals surface area contributed by atoms with Gasteiger partial charge >= 0.3 is 12.2 Å². The lowest BCUT2D eigenvalue weighted by molar-refractivity contribution is -0.137. The Bertz CT molecular complexity index is 813. The number of benzene rings is 1. The third-order valence-electron chi connectivity index (χ3n) is 5.05. The minimum absolute atomic E-state index is 0.0833. The monoisotopic (exact) mass is 396 g/mol. The molecule has 0 spiro atoms. The van der Waals surface area contributed by atoms with E-state index in [1.165, 1.54) is 17.0 Å². The molecule has 1 fully saturated rings. The van der Waals surface area contributed by atoms with Crippen LogP contribution in [0.3, 0.4) is 0 Å². The van der Waals surface area contributed by atoms with Gasteiger partial charge in [0, 0.05) is 24.5 Å². The SMILES string of the molecule is O=C(N1CCOCC1)N1CCc2sccc2C1c1ccc(C(F)(F)F)cc1. The van der Waals surface area contributed by atoms with E-state index in [1.807, 2.05) is 11.4 Å². The smallest absolute Gasteiger partial charge is 0.378 e. The van der Waals surface area contributed by atoms with Crippen LogP contribution in [0.2, 0.25) is 0 Å². The second-order valence-electron chi connectivity index (χ2n) is 6.65. The van der Waals surface area contributed by atoms with Crippen molar-refractivity contribution in [2.24, 2.45) is 0 Å². The Morgan fingerprint density at radius 2 is 1.78 bits per heavy atom. The first-order valence-electron chi connectivity index (χ1n) is 8.82. The van der Waals surface area contributed by atoms with E-state index in [2.05, 4.69) is 0 Å². The second kappa shape index (κ2) is 7.16. The molecule has 2 aromatic rings. The summed E-state index contributed by atoms with van der Waals surface area (Å²) in [5.41, 5.74) is 1.02. The number of halogens is 3. The molecule has 8 heteroatoms. The van der Waals surface area contributed by atoms with Crippen LogP contribution in [0, 0.1) is 0 Å². The van der Waals surface area contributed by atoms with Crippen LogP contribution < -0.4 is 0 Å². The van der Waals surface area contributed by atoms with Crippen LogP contribution in [-0.4, -0.2) is 48.7 Å². The first-order valence-corrected chi connectivity index (χ1v) is 9.70. The van der Waals surface area contributed by atoms with Crippen LogP contribution in [0.4, 0.5) is 18.0 Å². The topological polar surface area (TPSA) is 32.8 Å². The average molecular weight is 396 g/mol. The molecule has 2 aliphatic heterocycles. The first-order chi connectivity index (χ1) is 12.9. The number of carbonyl (C=O) groups is 1. The molecule has 144 valence electrons. The third-order valence-corrected chi connectivity index (χ3v) is 6.04. The summed E-state index contributed by atoms with van der Waals surface area (Å²) >= 11 is 1.63. The van der Waals surface area contributed by atoms with Gasteiger partial charge in [-0.3, -0.25) is 0 Å². The van der Waals surface area contributed by atoms with E-state index in [1.54, 1.807) is 21.1 Å². The third kappa shape index (κ3) is 3.55. The molecule has 1 atom stereocenters. The quantitative estimate of drug-likeness (QED) is 0.725. The number of carbonyl (C=O) groups excluding carboxylic acids is 1. The van der Waals surface area contributed by atoms with Crippen molar-refractivity contribution in [1.29, 1.82) is 0 Å². The van der Waals surface area contributed by atoms with Gasteiger partial charge in [-0.25, -0.2) is 4.79 Å². The van der Waals surface area contributed by atoms with Gasteiger partial charge in [-0.1, -0.05) is 12.1 Å². The van der Waals surface area contributed by atoms with Crippen LogP contribution in [0.15, 0.2) is 35.7 Å². The summed E-state index contributed by atoms with van der Waals surface area (Å²) in [5.74, 6) is 0. The van der Waals surface area contributed by atoms with Gasteiger partial charge in [-0.2, -0.15) is 13.2 Å². The van der Waals surface area contributed by atoms with Crippen molar-refractivity contribution in [2.45, 2.75) is 18.6 Å². The fraction of sp³-hybridized carbons (Fsp3) is 0.421. The van der Waals surface area contributed by atoms with Gasteiger partial charge in [0.15, 0.2) is 0 Å². The van der Waals surface area contributed by atoms with Gasteiger partial charge in [0.25, 0.3) is 0 Å². The molecule has 0 N–H and O–H groups in total. The number of urea groups is 1. The maximum absolute atomic E-state index is 13.1. The fourth-order valence-corrected chi connectivity index (χ4v) is 4.58. The van der Waals surface area contributed by atoms with Crippen molar-refractivity contribution in [3.05, 3.63) is 57.3 Å². The molecule has 27 heavy (non-hydrogen) atoms. The van der Waals surface area contributed by atoms with Crippen LogP contribution in [0.1, 0.15) is 27.6 Å². The molecular weight excluding hydrogens is 377 g/mol. The number of alkyl halides is 3. The summed E-state index contributed by atoms with van der Waals surface area (Å²) in [6, 6.07) is 6.68. The molecule has 1 unspecified atom stereocenters. The van der Waals surface area contributed by atoms with Gasteiger partial charge in [0.2, 0.25) is 0 Å². The lowest BCUT2D eigenvalue weighted by atomic mass is 9.93. The molecule has 2 aliphatic rings. The molecular formula is C19H19F3N2O2S. The lowest BCUT2D eigenvalue weighted by Gasteiger charge is -2.40. The van der Waals surface area contributed by atoms with E-state index in [0.29, 0.717) is 38.4 Å². The minimum Gasteiger partial charge on any atom is -0.378 e. The molecule has 0 bridgehead atoms. The Balaban J connectivity index is 1.68. The van der Waals surface area contributed by atoms with Crippen LogP contribution in [-0.2, 0) is 17.3 Å². The molecule has 0 aliphatic carbocycles. The molecule has 0 radical (unpaired) electrons. The highest BCUT2D eigenvalue weighted by molar-refractivity contribution is 7.10. The zero-order valence-electron chi connectivity index (χ0n) is 14.5. The second-order valence-corrected chi connectivity index (χ2v) is 7.65. The van der Waals surface area contributed by atoms with Crippen LogP contribution >= 0.6 is 11.3 Å². The number of amides is 2.